The Morgan fingerprint density at radius 3 is 1.88 bits per heavy atom. The molecule has 0 saturated carbocycles. The van der Waals surface area contributed by atoms with Crippen LogP contribution >= 0.6 is 0 Å². The SMILES string of the molecule is CCN(CC)c1ccc2c(c1)Oc1cc(OC)c(N(Cc3cccc(OC)c3)Cc3cccc(OC)c3)cc1C2c1ccccc1C(=O)OC. The van der Waals surface area contributed by atoms with E-state index in [4.69, 9.17) is 23.7 Å². The average Bonchev–Trinajstić information content (AvgIpc) is 3.16. The molecule has 6 rings (SSSR count). The molecule has 8 heteroatoms. The first-order chi connectivity index (χ1) is 24.4. The molecule has 0 amide bonds. The van der Waals surface area contributed by atoms with Crippen LogP contribution in [-0.4, -0.2) is 47.5 Å². The number of anilines is 2. The second-order valence-corrected chi connectivity index (χ2v) is 12.1. The minimum atomic E-state index is -0.388. The third-order valence-electron chi connectivity index (χ3n) is 9.31. The van der Waals surface area contributed by atoms with Crippen LogP contribution in [0.2, 0.25) is 0 Å². The van der Waals surface area contributed by atoms with Crippen LogP contribution < -0.4 is 28.7 Å². The van der Waals surface area contributed by atoms with Gasteiger partial charge in [-0.1, -0.05) is 48.5 Å². The predicted octanol–water partition coefficient (Wildman–Crippen LogP) is 8.84. The van der Waals surface area contributed by atoms with Crippen molar-refractivity contribution in [2.45, 2.75) is 32.9 Å². The fraction of sp³-hybridized carbons (Fsp3) is 0.262. The van der Waals surface area contributed by atoms with E-state index in [2.05, 4.69) is 60.0 Å². The van der Waals surface area contributed by atoms with Crippen molar-refractivity contribution in [1.29, 1.82) is 0 Å². The highest BCUT2D eigenvalue weighted by atomic mass is 16.5. The van der Waals surface area contributed by atoms with Crippen LogP contribution in [0.1, 0.15) is 57.9 Å². The maximum absolute atomic E-state index is 13.2. The number of hydrogen-bond donors (Lipinski definition) is 0. The molecule has 0 N–H and O–H groups in total. The standard InChI is InChI=1S/C42H44N2O6/c1-7-43(8-2)30-19-20-35-38(23-30)50-39-25-40(48-5)37(24-36(39)41(35)33-17-9-10-18-34(33)42(45)49-6)44(26-28-13-11-15-31(21-28)46-3)27-29-14-12-16-32(22-29)47-4/h9-25,41H,7-8,26-27H2,1-6H3. The number of fused-ring (bicyclic) bond motifs is 2. The lowest BCUT2D eigenvalue weighted by Crippen LogP contribution is -2.24. The van der Waals surface area contributed by atoms with Gasteiger partial charge in [-0.2, -0.15) is 0 Å². The number of ether oxygens (including phenoxy) is 5. The Morgan fingerprint density at radius 2 is 1.28 bits per heavy atom. The molecule has 258 valence electrons. The van der Waals surface area contributed by atoms with Crippen molar-refractivity contribution in [2.75, 3.05) is 51.3 Å². The van der Waals surface area contributed by atoms with E-state index in [-0.39, 0.29) is 11.9 Å². The van der Waals surface area contributed by atoms with Crippen molar-refractivity contribution in [3.05, 3.63) is 137 Å². The van der Waals surface area contributed by atoms with E-state index >= 15 is 0 Å². The quantitative estimate of drug-likeness (QED) is 0.113. The van der Waals surface area contributed by atoms with Gasteiger partial charge in [-0.15, -0.1) is 0 Å². The Balaban J connectivity index is 1.55. The Bertz CT molecular complexity index is 1920. The molecule has 0 saturated heterocycles. The molecule has 1 atom stereocenters. The van der Waals surface area contributed by atoms with Crippen LogP contribution in [0.5, 0.6) is 28.7 Å². The summed E-state index contributed by atoms with van der Waals surface area (Å²) in [6.45, 7) is 7.16. The molecule has 0 aromatic heterocycles. The van der Waals surface area contributed by atoms with Crippen molar-refractivity contribution in [3.8, 4) is 28.7 Å². The molecule has 0 spiro atoms. The average molecular weight is 673 g/mol. The van der Waals surface area contributed by atoms with E-state index in [9.17, 15) is 4.79 Å². The van der Waals surface area contributed by atoms with Gasteiger partial charge in [0.05, 0.1) is 39.7 Å². The smallest absolute Gasteiger partial charge is 0.338 e. The van der Waals surface area contributed by atoms with E-state index in [0.717, 1.165) is 69.5 Å². The van der Waals surface area contributed by atoms with Gasteiger partial charge in [0.1, 0.15) is 28.7 Å². The number of rotatable bonds is 13. The van der Waals surface area contributed by atoms with Crippen LogP contribution in [0.25, 0.3) is 0 Å². The molecule has 1 aliphatic rings. The van der Waals surface area contributed by atoms with Gasteiger partial charge in [0, 0.05) is 61.0 Å². The molecule has 8 nitrogen and oxygen atoms in total. The number of carbonyl (C=O) groups excluding carboxylic acids is 1. The van der Waals surface area contributed by atoms with Gasteiger partial charge in [-0.3, -0.25) is 0 Å². The fourth-order valence-electron chi connectivity index (χ4n) is 6.80. The maximum atomic E-state index is 13.2. The first-order valence-corrected chi connectivity index (χ1v) is 16.9. The predicted molar refractivity (Wildman–Crippen MR) is 198 cm³/mol. The summed E-state index contributed by atoms with van der Waals surface area (Å²) >= 11 is 0. The van der Waals surface area contributed by atoms with Gasteiger partial charge < -0.3 is 33.5 Å². The zero-order valence-corrected chi connectivity index (χ0v) is 29.6. The molecule has 1 unspecified atom stereocenters. The highest BCUT2D eigenvalue weighted by Crippen LogP contribution is 2.52. The number of nitrogens with zero attached hydrogens (tertiary/aromatic N) is 2. The molecule has 0 radical (unpaired) electrons. The summed E-state index contributed by atoms with van der Waals surface area (Å²) < 4.78 is 29.2. The Labute approximate surface area is 294 Å². The normalized spacial score (nSPS) is 13.0. The molecular weight excluding hydrogens is 628 g/mol. The fourth-order valence-corrected chi connectivity index (χ4v) is 6.80. The number of methoxy groups -OCH3 is 4. The highest BCUT2D eigenvalue weighted by Gasteiger charge is 2.34. The van der Waals surface area contributed by atoms with E-state index < -0.39 is 0 Å². The summed E-state index contributed by atoms with van der Waals surface area (Å²) in [5.41, 5.74) is 7.33. The zero-order valence-electron chi connectivity index (χ0n) is 29.6. The minimum Gasteiger partial charge on any atom is -0.497 e. The van der Waals surface area contributed by atoms with Crippen LogP contribution in [0.4, 0.5) is 11.4 Å². The molecule has 50 heavy (non-hydrogen) atoms. The molecule has 5 aromatic carbocycles. The largest absolute Gasteiger partial charge is 0.497 e. The third kappa shape index (κ3) is 6.92. The summed E-state index contributed by atoms with van der Waals surface area (Å²) in [7, 11) is 6.45. The first kappa shape index (κ1) is 34.2. The summed E-state index contributed by atoms with van der Waals surface area (Å²) in [4.78, 5) is 17.8. The van der Waals surface area contributed by atoms with Gasteiger partial charge in [0.2, 0.25) is 0 Å². The van der Waals surface area contributed by atoms with Crippen LogP contribution in [0.15, 0.2) is 103 Å². The number of esters is 1. The Kier molecular flexibility index (Phi) is 10.5. The summed E-state index contributed by atoms with van der Waals surface area (Å²) in [6, 6.07) is 34.3. The zero-order chi connectivity index (χ0) is 35.2. The van der Waals surface area contributed by atoms with Gasteiger partial charge in [0.25, 0.3) is 0 Å². The highest BCUT2D eigenvalue weighted by molar-refractivity contribution is 5.92. The van der Waals surface area contributed by atoms with E-state index in [0.29, 0.717) is 30.2 Å². The molecule has 0 bridgehead atoms. The lowest BCUT2D eigenvalue weighted by Gasteiger charge is -2.34. The van der Waals surface area contributed by atoms with Gasteiger partial charge in [-0.05, 0) is 73.0 Å². The van der Waals surface area contributed by atoms with Crippen molar-refractivity contribution in [1.82, 2.24) is 0 Å². The lowest BCUT2D eigenvalue weighted by atomic mass is 9.80. The van der Waals surface area contributed by atoms with Crippen molar-refractivity contribution in [2.24, 2.45) is 0 Å². The monoisotopic (exact) mass is 672 g/mol. The second-order valence-electron chi connectivity index (χ2n) is 12.1. The van der Waals surface area contributed by atoms with E-state index in [1.807, 2.05) is 66.7 Å². The van der Waals surface area contributed by atoms with Crippen LogP contribution in [0.3, 0.4) is 0 Å². The topological polar surface area (TPSA) is 69.7 Å². The number of benzene rings is 5. The van der Waals surface area contributed by atoms with Crippen molar-refractivity contribution in [3.63, 3.8) is 0 Å². The van der Waals surface area contributed by atoms with Crippen molar-refractivity contribution < 1.29 is 28.5 Å². The van der Waals surface area contributed by atoms with Crippen LogP contribution in [0, 0.1) is 0 Å². The van der Waals surface area contributed by atoms with E-state index in [1.54, 1.807) is 21.3 Å². The van der Waals surface area contributed by atoms with Gasteiger partial charge >= 0.3 is 5.97 Å². The van der Waals surface area contributed by atoms with E-state index in [1.165, 1.54) is 7.11 Å². The lowest BCUT2D eigenvalue weighted by molar-refractivity contribution is 0.0599. The van der Waals surface area contributed by atoms with Crippen molar-refractivity contribution >= 4 is 17.3 Å². The molecular formula is C42H44N2O6. The molecule has 5 aromatic rings. The first-order valence-electron chi connectivity index (χ1n) is 16.9. The minimum absolute atomic E-state index is 0.324. The summed E-state index contributed by atoms with van der Waals surface area (Å²) in [6.07, 6.45) is 0. The molecule has 0 fully saturated rings. The van der Waals surface area contributed by atoms with Crippen LogP contribution in [-0.2, 0) is 17.8 Å². The maximum Gasteiger partial charge on any atom is 0.338 e. The Morgan fingerprint density at radius 1 is 0.640 bits per heavy atom. The molecule has 0 aliphatic carbocycles. The third-order valence-corrected chi connectivity index (χ3v) is 9.31. The van der Waals surface area contributed by atoms with Gasteiger partial charge in [-0.25, -0.2) is 4.79 Å². The second kappa shape index (κ2) is 15.3. The number of carbonyl (C=O) groups is 1. The summed E-state index contributed by atoms with van der Waals surface area (Å²) in [5.74, 6) is 2.94. The molecule has 1 aliphatic heterocycles. The Hall–Kier alpha value is -5.63. The van der Waals surface area contributed by atoms with Gasteiger partial charge in [0.15, 0.2) is 0 Å². The number of hydrogen-bond acceptors (Lipinski definition) is 8. The molecule has 1 heterocycles. The summed E-state index contributed by atoms with van der Waals surface area (Å²) in [5, 5.41) is 0.